The number of nitrogens with one attached hydrogen (secondary N) is 1. The van der Waals surface area contributed by atoms with E-state index >= 15 is 0 Å². The Balaban J connectivity index is 1.61. The summed E-state index contributed by atoms with van der Waals surface area (Å²) in [7, 11) is 1.40. The van der Waals surface area contributed by atoms with Crippen molar-refractivity contribution in [3.05, 3.63) is 11.1 Å². The lowest BCUT2D eigenvalue weighted by molar-refractivity contribution is -0.140. The van der Waals surface area contributed by atoms with Crippen LogP contribution in [-0.4, -0.2) is 37.3 Å². The number of carbonyl (C=O) groups is 1. The van der Waals surface area contributed by atoms with Gasteiger partial charge in [0, 0.05) is 18.3 Å². The van der Waals surface area contributed by atoms with E-state index in [1.54, 1.807) is 11.3 Å². The first-order valence-corrected chi connectivity index (χ1v) is 8.02. The van der Waals surface area contributed by atoms with Gasteiger partial charge in [0.25, 0.3) is 0 Å². The third kappa shape index (κ3) is 5.09. The molecule has 0 spiro atoms. The van der Waals surface area contributed by atoms with Crippen molar-refractivity contribution in [2.24, 2.45) is 0 Å². The largest absolute Gasteiger partial charge is 0.469 e. The smallest absolute Gasteiger partial charge is 0.305 e. The number of thiazole rings is 1. The molecule has 0 unspecified atom stereocenters. The predicted molar refractivity (Wildman–Crippen MR) is 79.1 cm³/mol. The van der Waals surface area contributed by atoms with Gasteiger partial charge in [-0.05, 0) is 12.8 Å². The van der Waals surface area contributed by atoms with Crippen molar-refractivity contribution in [3.63, 3.8) is 0 Å². The summed E-state index contributed by atoms with van der Waals surface area (Å²) in [5.74, 6) is -0.197. The second-order valence-electron chi connectivity index (χ2n) is 4.92. The summed E-state index contributed by atoms with van der Waals surface area (Å²) in [5, 5.41) is 6.12. The zero-order chi connectivity index (χ0) is 14.2. The zero-order valence-corrected chi connectivity index (χ0v) is 12.7. The topological polar surface area (TPSA) is 60.5 Å². The van der Waals surface area contributed by atoms with E-state index < -0.39 is 0 Å². The standard InChI is InChI=1S/C14H22N2O3S/c1-18-13(17)7-6-11-10-20-14(16-11)15-8-9-19-12-4-2-3-5-12/h10,12H,2-9H2,1H3,(H,15,16). The summed E-state index contributed by atoms with van der Waals surface area (Å²) in [6.07, 6.45) is 6.48. The highest BCUT2D eigenvalue weighted by molar-refractivity contribution is 7.13. The monoisotopic (exact) mass is 298 g/mol. The van der Waals surface area contributed by atoms with Gasteiger partial charge in [-0.25, -0.2) is 4.98 Å². The molecule has 0 aliphatic heterocycles. The number of methoxy groups -OCH3 is 1. The van der Waals surface area contributed by atoms with Crippen LogP contribution in [0.2, 0.25) is 0 Å². The molecule has 0 atom stereocenters. The lowest BCUT2D eigenvalue weighted by Crippen LogP contribution is -2.15. The maximum atomic E-state index is 11.0. The van der Waals surface area contributed by atoms with Crippen molar-refractivity contribution in [2.75, 3.05) is 25.6 Å². The van der Waals surface area contributed by atoms with Crippen LogP contribution >= 0.6 is 11.3 Å². The number of nitrogens with zero attached hydrogens (tertiary/aromatic N) is 1. The average molecular weight is 298 g/mol. The van der Waals surface area contributed by atoms with Crippen LogP contribution in [0.4, 0.5) is 5.13 Å². The van der Waals surface area contributed by atoms with E-state index in [1.807, 2.05) is 5.38 Å². The summed E-state index contributed by atoms with van der Waals surface area (Å²) in [6, 6.07) is 0. The number of esters is 1. The van der Waals surface area contributed by atoms with Crippen molar-refractivity contribution >= 4 is 22.4 Å². The number of aryl methyl sites for hydroxylation is 1. The van der Waals surface area contributed by atoms with Gasteiger partial charge in [-0.1, -0.05) is 12.8 Å². The van der Waals surface area contributed by atoms with E-state index in [4.69, 9.17) is 4.74 Å². The molecule has 1 heterocycles. The molecule has 0 radical (unpaired) electrons. The first-order valence-electron chi connectivity index (χ1n) is 7.14. The maximum absolute atomic E-state index is 11.0. The SMILES string of the molecule is COC(=O)CCc1csc(NCCOC2CCCC2)n1. The molecule has 112 valence electrons. The Kier molecular flexibility index (Phi) is 6.26. The molecule has 5 nitrogen and oxygen atoms in total. The number of anilines is 1. The summed E-state index contributed by atoms with van der Waals surface area (Å²) < 4.78 is 10.4. The van der Waals surface area contributed by atoms with Gasteiger partial charge in [0.2, 0.25) is 0 Å². The Hall–Kier alpha value is -1.14. The van der Waals surface area contributed by atoms with Crippen molar-refractivity contribution in [3.8, 4) is 0 Å². The fraction of sp³-hybridized carbons (Fsp3) is 0.714. The molecule has 0 amide bonds. The van der Waals surface area contributed by atoms with Crippen LogP contribution in [0.5, 0.6) is 0 Å². The number of hydrogen-bond acceptors (Lipinski definition) is 6. The van der Waals surface area contributed by atoms with Gasteiger partial charge in [0.05, 0.1) is 31.9 Å². The van der Waals surface area contributed by atoms with Crippen LogP contribution in [0.15, 0.2) is 5.38 Å². The quantitative estimate of drug-likeness (QED) is 0.590. The molecule has 1 aliphatic carbocycles. The third-order valence-corrected chi connectivity index (χ3v) is 4.25. The van der Waals surface area contributed by atoms with E-state index in [9.17, 15) is 4.79 Å². The molecule has 20 heavy (non-hydrogen) atoms. The normalized spacial score (nSPS) is 15.4. The minimum absolute atomic E-state index is 0.197. The second kappa shape index (κ2) is 8.21. The van der Waals surface area contributed by atoms with Gasteiger partial charge in [-0.2, -0.15) is 0 Å². The summed E-state index contributed by atoms with van der Waals surface area (Å²) >= 11 is 1.56. The van der Waals surface area contributed by atoms with Crippen LogP contribution in [0, 0.1) is 0 Å². The molecule has 0 saturated heterocycles. The van der Waals surface area contributed by atoms with Gasteiger partial charge in [0.1, 0.15) is 0 Å². The van der Waals surface area contributed by atoms with Crippen LogP contribution < -0.4 is 5.32 Å². The first kappa shape index (κ1) is 15.3. The molecule has 0 aromatic carbocycles. The number of rotatable bonds is 8. The van der Waals surface area contributed by atoms with Gasteiger partial charge >= 0.3 is 5.97 Å². The number of carbonyl (C=O) groups excluding carboxylic acids is 1. The van der Waals surface area contributed by atoms with E-state index in [1.165, 1.54) is 32.8 Å². The molecular formula is C14H22N2O3S. The molecule has 1 saturated carbocycles. The van der Waals surface area contributed by atoms with Crippen LogP contribution in [0.1, 0.15) is 37.8 Å². The highest BCUT2D eigenvalue weighted by Gasteiger charge is 2.14. The Morgan fingerprint density at radius 1 is 1.50 bits per heavy atom. The van der Waals surface area contributed by atoms with Crippen LogP contribution in [-0.2, 0) is 20.7 Å². The molecule has 6 heteroatoms. The maximum Gasteiger partial charge on any atom is 0.305 e. The molecular weight excluding hydrogens is 276 g/mol. The van der Waals surface area contributed by atoms with Gasteiger partial charge in [-0.15, -0.1) is 11.3 Å². The van der Waals surface area contributed by atoms with E-state index in [0.29, 0.717) is 18.9 Å². The molecule has 1 N–H and O–H groups in total. The number of hydrogen-bond donors (Lipinski definition) is 1. The molecule has 1 aromatic heterocycles. The Morgan fingerprint density at radius 3 is 3.05 bits per heavy atom. The van der Waals surface area contributed by atoms with Crippen molar-refractivity contribution in [1.82, 2.24) is 4.98 Å². The van der Waals surface area contributed by atoms with Crippen molar-refractivity contribution in [1.29, 1.82) is 0 Å². The van der Waals surface area contributed by atoms with Crippen LogP contribution in [0.3, 0.4) is 0 Å². The summed E-state index contributed by atoms with van der Waals surface area (Å²) in [4.78, 5) is 15.5. The highest BCUT2D eigenvalue weighted by atomic mass is 32.1. The molecule has 1 aliphatic rings. The minimum Gasteiger partial charge on any atom is -0.469 e. The fourth-order valence-corrected chi connectivity index (χ4v) is 3.05. The highest BCUT2D eigenvalue weighted by Crippen LogP contribution is 2.21. The van der Waals surface area contributed by atoms with Crippen molar-refractivity contribution in [2.45, 2.75) is 44.6 Å². The Bertz CT molecular complexity index is 416. The van der Waals surface area contributed by atoms with Crippen LogP contribution in [0.25, 0.3) is 0 Å². The first-order chi connectivity index (χ1) is 9.78. The van der Waals surface area contributed by atoms with Gasteiger partial charge < -0.3 is 14.8 Å². The van der Waals surface area contributed by atoms with Gasteiger partial charge in [-0.3, -0.25) is 4.79 Å². The number of ether oxygens (including phenoxy) is 2. The summed E-state index contributed by atoms with van der Waals surface area (Å²) in [5.41, 5.74) is 0.930. The van der Waals surface area contributed by atoms with E-state index in [0.717, 1.165) is 24.0 Å². The molecule has 1 aromatic rings. The van der Waals surface area contributed by atoms with Gasteiger partial charge in [0.15, 0.2) is 5.13 Å². The minimum atomic E-state index is -0.197. The third-order valence-electron chi connectivity index (χ3n) is 3.40. The fourth-order valence-electron chi connectivity index (χ4n) is 2.27. The predicted octanol–water partition coefficient (Wildman–Crippen LogP) is 2.62. The Labute approximate surface area is 123 Å². The zero-order valence-electron chi connectivity index (χ0n) is 11.9. The lowest BCUT2D eigenvalue weighted by atomic mass is 10.2. The average Bonchev–Trinajstić information content (AvgIpc) is 3.12. The van der Waals surface area contributed by atoms with E-state index in [2.05, 4.69) is 15.0 Å². The lowest BCUT2D eigenvalue weighted by Gasteiger charge is -2.10. The molecule has 0 bridgehead atoms. The van der Waals surface area contributed by atoms with Crippen molar-refractivity contribution < 1.29 is 14.3 Å². The number of aromatic nitrogens is 1. The molecule has 1 fully saturated rings. The molecule has 2 rings (SSSR count). The second-order valence-corrected chi connectivity index (χ2v) is 5.78. The summed E-state index contributed by atoms with van der Waals surface area (Å²) in [6.45, 7) is 1.50. The van der Waals surface area contributed by atoms with E-state index in [-0.39, 0.29) is 5.97 Å². The Morgan fingerprint density at radius 2 is 2.30 bits per heavy atom.